The van der Waals surface area contributed by atoms with Gasteiger partial charge in [0.1, 0.15) is 22.4 Å². The van der Waals surface area contributed by atoms with Gasteiger partial charge in [0.2, 0.25) is 0 Å². The molecule has 1 fully saturated rings. The molecule has 7 nitrogen and oxygen atoms in total. The number of sulfone groups is 1. The minimum atomic E-state index is -3.31. The van der Waals surface area contributed by atoms with E-state index < -0.39 is 9.84 Å². The Balaban J connectivity index is 1.79. The fourth-order valence-corrected chi connectivity index (χ4v) is 3.89. The largest absolute Gasteiger partial charge is 0.353 e. The highest BCUT2D eigenvalue weighted by Crippen LogP contribution is 2.25. The summed E-state index contributed by atoms with van der Waals surface area (Å²) in [5.41, 5.74) is 0.963. The standard InChI is InChI=1S/C18H25N5O2S/c1-13(2)17-20-14(3)12-16(21-17)22-8-10-23(11-9-22)18-15(26(4,24)25)6-5-7-19-18/h5-7,12-13H,8-11H2,1-4H3. The van der Waals surface area contributed by atoms with E-state index in [4.69, 9.17) is 4.98 Å². The lowest BCUT2D eigenvalue weighted by atomic mass is 10.2. The average molecular weight is 375 g/mol. The SMILES string of the molecule is Cc1cc(N2CCN(c3ncccc3S(C)(=O)=O)CC2)nc(C(C)C)n1. The van der Waals surface area contributed by atoms with Crippen LogP contribution in [0.15, 0.2) is 29.3 Å². The zero-order valence-corrected chi connectivity index (χ0v) is 16.5. The van der Waals surface area contributed by atoms with Gasteiger partial charge in [0.25, 0.3) is 0 Å². The molecule has 8 heteroatoms. The van der Waals surface area contributed by atoms with Crippen molar-refractivity contribution in [3.63, 3.8) is 0 Å². The molecule has 2 aromatic rings. The van der Waals surface area contributed by atoms with Crippen molar-refractivity contribution in [2.75, 3.05) is 42.2 Å². The van der Waals surface area contributed by atoms with Crippen molar-refractivity contribution in [3.05, 3.63) is 35.9 Å². The lowest BCUT2D eigenvalue weighted by molar-refractivity contribution is 0.597. The summed E-state index contributed by atoms with van der Waals surface area (Å²) in [6, 6.07) is 5.28. The molecule has 0 unspecified atom stereocenters. The first-order valence-electron chi connectivity index (χ1n) is 8.76. The van der Waals surface area contributed by atoms with E-state index in [1.807, 2.05) is 17.9 Å². The van der Waals surface area contributed by atoms with Crippen LogP contribution in [0.5, 0.6) is 0 Å². The second kappa shape index (κ2) is 7.19. The lowest BCUT2D eigenvalue weighted by Gasteiger charge is -2.36. The van der Waals surface area contributed by atoms with Crippen LogP contribution >= 0.6 is 0 Å². The Morgan fingerprint density at radius 2 is 1.73 bits per heavy atom. The van der Waals surface area contributed by atoms with Crippen molar-refractivity contribution in [1.82, 2.24) is 15.0 Å². The zero-order valence-electron chi connectivity index (χ0n) is 15.7. The van der Waals surface area contributed by atoms with Crippen molar-refractivity contribution in [3.8, 4) is 0 Å². The number of nitrogens with zero attached hydrogens (tertiary/aromatic N) is 5. The Morgan fingerprint density at radius 1 is 1.08 bits per heavy atom. The molecule has 0 aliphatic carbocycles. The minimum absolute atomic E-state index is 0.278. The third-order valence-electron chi connectivity index (χ3n) is 4.43. The van der Waals surface area contributed by atoms with E-state index in [0.717, 1.165) is 30.4 Å². The summed E-state index contributed by atoms with van der Waals surface area (Å²) < 4.78 is 24.1. The van der Waals surface area contributed by atoms with E-state index in [0.29, 0.717) is 18.9 Å². The first kappa shape index (κ1) is 18.6. The first-order chi connectivity index (χ1) is 12.3. The minimum Gasteiger partial charge on any atom is -0.353 e. The molecule has 0 radical (unpaired) electrons. The van der Waals surface area contributed by atoms with Crippen LogP contribution in [-0.2, 0) is 9.84 Å². The molecule has 0 atom stereocenters. The third-order valence-corrected chi connectivity index (χ3v) is 5.55. The monoisotopic (exact) mass is 375 g/mol. The smallest absolute Gasteiger partial charge is 0.179 e. The van der Waals surface area contributed by atoms with E-state index in [9.17, 15) is 8.42 Å². The van der Waals surface area contributed by atoms with Crippen molar-refractivity contribution in [2.24, 2.45) is 0 Å². The van der Waals surface area contributed by atoms with E-state index in [1.54, 1.807) is 18.3 Å². The molecule has 0 saturated carbocycles. The van der Waals surface area contributed by atoms with Crippen molar-refractivity contribution < 1.29 is 8.42 Å². The fraction of sp³-hybridized carbons (Fsp3) is 0.500. The normalized spacial score (nSPS) is 15.6. The highest BCUT2D eigenvalue weighted by atomic mass is 32.2. The number of hydrogen-bond acceptors (Lipinski definition) is 7. The molecule has 26 heavy (non-hydrogen) atoms. The van der Waals surface area contributed by atoms with Crippen LogP contribution in [0.1, 0.15) is 31.3 Å². The molecule has 0 aromatic carbocycles. The maximum atomic E-state index is 12.0. The van der Waals surface area contributed by atoms with E-state index in [1.165, 1.54) is 6.26 Å². The van der Waals surface area contributed by atoms with Gasteiger partial charge in [-0.3, -0.25) is 0 Å². The van der Waals surface area contributed by atoms with Crippen LogP contribution in [0, 0.1) is 6.92 Å². The molecule has 3 heterocycles. The highest BCUT2D eigenvalue weighted by Gasteiger charge is 2.24. The molecule has 0 amide bonds. The van der Waals surface area contributed by atoms with Crippen LogP contribution in [0.4, 0.5) is 11.6 Å². The Morgan fingerprint density at radius 3 is 2.35 bits per heavy atom. The topological polar surface area (TPSA) is 79.3 Å². The molecular weight excluding hydrogens is 350 g/mol. The summed E-state index contributed by atoms with van der Waals surface area (Å²) >= 11 is 0. The number of aromatic nitrogens is 3. The molecule has 3 rings (SSSR count). The number of hydrogen-bond donors (Lipinski definition) is 0. The average Bonchev–Trinajstić information content (AvgIpc) is 2.60. The van der Waals surface area contributed by atoms with Gasteiger partial charge >= 0.3 is 0 Å². The molecule has 0 bridgehead atoms. The van der Waals surface area contributed by atoms with Gasteiger partial charge in [-0.1, -0.05) is 13.8 Å². The van der Waals surface area contributed by atoms with Crippen LogP contribution in [0.3, 0.4) is 0 Å². The van der Waals surface area contributed by atoms with Crippen molar-refractivity contribution in [1.29, 1.82) is 0 Å². The number of piperazine rings is 1. The highest BCUT2D eigenvalue weighted by molar-refractivity contribution is 7.90. The molecule has 0 N–H and O–H groups in total. The predicted octanol–water partition coefficient (Wildman–Crippen LogP) is 2.03. The second-order valence-corrected chi connectivity index (χ2v) is 8.94. The van der Waals surface area contributed by atoms with Crippen molar-refractivity contribution >= 4 is 21.5 Å². The van der Waals surface area contributed by atoms with Crippen LogP contribution in [0.2, 0.25) is 0 Å². The predicted molar refractivity (Wildman–Crippen MR) is 103 cm³/mol. The molecule has 1 saturated heterocycles. The Hall–Kier alpha value is -2.22. The molecule has 140 valence electrons. The lowest BCUT2D eigenvalue weighted by Crippen LogP contribution is -2.47. The van der Waals surface area contributed by atoms with Crippen LogP contribution in [0.25, 0.3) is 0 Å². The van der Waals surface area contributed by atoms with E-state index >= 15 is 0 Å². The first-order valence-corrected chi connectivity index (χ1v) is 10.7. The van der Waals surface area contributed by atoms with Gasteiger partial charge in [-0.05, 0) is 19.1 Å². The summed E-state index contributed by atoms with van der Waals surface area (Å²) in [5.74, 6) is 2.61. The molecule has 1 aliphatic heterocycles. The Labute approximate surface area is 155 Å². The summed E-state index contributed by atoms with van der Waals surface area (Å²) in [6.45, 7) is 9.06. The quantitative estimate of drug-likeness (QED) is 0.809. The Bertz CT molecular complexity index is 890. The summed E-state index contributed by atoms with van der Waals surface area (Å²) in [4.78, 5) is 18.1. The van der Waals surface area contributed by atoms with Gasteiger partial charge in [0.15, 0.2) is 9.84 Å². The van der Waals surface area contributed by atoms with Crippen molar-refractivity contribution in [2.45, 2.75) is 31.6 Å². The maximum Gasteiger partial charge on any atom is 0.179 e. The molecule has 2 aromatic heterocycles. The van der Waals surface area contributed by atoms with E-state index in [2.05, 4.69) is 28.7 Å². The number of aryl methyl sites for hydroxylation is 1. The van der Waals surface area contributed by atoms with Gasteiger partial charge in [-0.25, -0.2) is 23.4 Å². The molecule has 0 spiro atoms. The van der Waals surface area contributed by atoms with E-state index in [-0.39, 0.29) is 10.8 Å². The molecular formula is C18H25N5O2S. The summed E-state index contributed by atoms with van der Waals surface area (Å²) in [7, 11) is -3.31. The number of pyridine rings is 1. The maximum absolute atomic E-state index is 12.0. The third kappa shape index (κ3) is 3.95. The molecule has 1 aliphatic rings. The van der Waals surface area contributed by atoms with Gasteiger partial charge in [0, 0.05) is 56.3 Å². The fourth-order valence-electron chi connectivity index (χ4n) is 3.05. The number of anilines is 2. The van der Waals surface area contributed by atoms with Gasteiger partial charge in [-0.15, -0.1) is 0 Å². The zero-order chi connectivity index (χ0) is 18.9. The van der Waals surface area contributed by atoms with Gasteiger partial charge in [-0.2, -0.15) is 0 Å². The number of rotatable bonds is 4. The van der Waals surface area contributed by atoms with Gasteiger partial charge < -0.3 is 9.80 Å². The summed E-state index contributed by atoms with van der Waals surface area (Å²) in [5, 5.41) is 0. The summed E-state index contributed by atoms with van der Waals surface area (Å²) in [6.07, 6.45) is 2.86. The van der Waals surface area contributed by atoms with Crippen LogP contribution in [-0.4, -0.2) is 55.8 Å². The second-order valence-electron chi connectivity index (χ2n) is 6.95. The Kier molecular flexibility index (Phi) is 5.13. The van der Waals surface area contributed by atoms with Gasteiger partial charge in [0.05, 0.1) is 0 Å². The van der Waals surface area contributed by atoms with Crippen LogP contribution < -0.4 is 9.80 Å².